The predicted octanol–water partition coefficient (Wildman–Crippen LogP) is 3.32. The van der Waals surface area contributed by atoms with Crippen LogP contribution >= 0.6 is 0 Å². The highest BCUT2D eigenvalue weighted by Gasteiger charge is 2.27. The number of carbonyl (C=O) groups excluding carboxylic acids is 1. The molecule has 1 aromatic heterocycles. The Morgan fingerprint density at radius 1 is 1.45 bits per heavy atom. The summed E-state index contributed by atoms with van der Waals surface area (Å²) in [7, 11) is 0. The van der Waals surface area contributed by atoms with Crippen molar-refractivity contribution in [2.45, 2.75) is 38.9 Å². The second-order valence-electron chi connectivity index (χ2n) is 5.41. The van der Waals surface area contributed by atoms with Gasteiger partial charge in [0.15, 0.2) is 5.78 Å². The smallest absolute Gasteiger partial charge is 0.193 e. The summed E-state index contributed by atoms with van der Waals surface area (Å²) >= 11 is 0. The lowest BCUT2D eigenvalue weighted by Gasteiger charge is -2.13. The van der Waals surface area contributed by atoms with Gasteiger partial charge in [-0.3, -0.25) is 4.79 Å². The van der Waals surface area contributed by atoms with Gasteiger partial charge in [0.2, 0.25) is 0 Å². The van der Waals surface area contributed by atoms with Crippen LogP contribution in [0.25, 0.3) is 10.9 Å². The zero-order chi connectivity index (χ0) is 14.1. The number of hydrogen-bond donors (Lipinski definition) is 1. The van der Waals surface area contributed by atoms with E-state index in [2.05, 4.69) is 4.98 Å². The molecule has 0 aliphatic carbocycles. The van der Waals surface area contributed by atoms with Gasteiger partial charge in [-0.05, 0) is 38.8 Å². The van der Waals surface area contributed by atoms with Gasteiger partial charge in [-0.2, -0.15) is 0 Å². The van der Waals surface area contributed by atoms with Crippen molar-refractivity contribution in [1.82, 2.24) is 4.98 Å². The van der Waals surface area contributed by atoms with Crippen LogP contribution in [0.1, 0.15) is 37.0 Å². The Morgan fingerprint density at radius 2 is 2.30 bits per heavy atom. The number of aromatic nitrogens is 1. The van der Waals surface area contributed by atoms with E-state index in [1.165, 1.54) is 0 Å². The number of rotatable bonds is 4. The fourth-order valence-corrected chi connectivity index (χ4v) is 2.66. The third-order valence-corrected chi connectivity index (χ3v) is 3.52. The molecule has 3 rings (SSSR count). The van der Waals surface area contributed by atoms with Crippen LogP contribution < -0.4 is 4.74 Å². The lowest BCUT2D eigenvalue weighted by atomic mass is 10.0. The maximum Gasteiger partial charge on any atom is 0.193 e. The Hall–Kier alpha value is -1.81. The van der Waals surface area contributed by atoms with Crippen molar-refractivity contribution in [2.24, 2.45) is 0 Å². The SMILES string of the molecule is CC(C)Oc1cccc2[nH]cc(C(=O)C3CCCO3)c12. The standard InChI is InChI=1S/C16H19NO3/c1-10(2)20-13-6-3-5-12-15(13)11(9-17-12)16(18)14-7-4-8-19-14/h3,5-6,9-10,14,17H,4,7-8H2,1-2H3. The molecule has 20 heavy (non-hydrogen) atoms. The van der Waals surface area contributed by atoms with Gasteiger partial charge in [0.1, 0.15) is 11.9 Å². The van der Waals surface area contributed by atoms with E-state index in [-0.39, 0.29) is 18.0 Å². The fourth-order valence-electron chi connectivity index (χ4n) is 2.66. The minimum absolute atomic E-state index is 0.0496. The largest absolute Gasteiger partial charge is 0.490 e. The molecule has 1 aliphatic rings. The molecule has 1 N–H and O–H groups in total. The minimum atomic E-state index is -0.305. The minimum Gasteiger partial charge on any atom is -0.490 e. The van der Waals surface area contributed by atoms with Crippen LogP contribution in [0.2, 0.25) is 0 Å². The van der Waals surface area contributed by atoms with Crippen LogP contribution in [0.4, 0.5) is 0 Å². The zero-order valence-corrected chi connectivity index (χ0v) is 11.8. The molecule has 1 aliphatic heterocycles. The van der Waals surface area contributed by atoms with Gasteiger partial charge in [-0.1, -0.05) is 6.07 Å². The number of benzene rings is 1. The van der Waals surface area contributed by atoms with Crippen molar-refractivity contribution in [3.05, 3.63) is 30.0 Å². The number of ether oxygens (including phenoxy) is 2. The summed E-state index contributed by atoms with van der Waals surface area (Å²) in [5.41, 5.74) is 1.59. The summed E-state index contributed by atoms with van der Waals surface area (Å²) < 4.78 is 11.3. The molecule has 0 spiro atoms. The number of aromatic amines is 1. The molecule has 1 aromatic carbocycles. The van der Waals surface area contributed by atoms with Crippen molar-refractivity contribution >= 4 is 16.7 Å². The van der Waals surface area contributed by atoms with Crippen molar-refractivity contribution in [3.8, 4) is 5.75 Å². The van der Waals surface area contributed by atoms with Gasteiger partial charge < -0.3 is 14.5 Å². The van der Waals surface area contributed by atoms with E-state index in [1.807, 2.05) is 32.0 Å². The first kappa shape index (κ1) is 13.2. The molecule has 2 heterocycles. The third-order valence-electron chi connectivity index (χ3n) is 3.52. The molecule has 0 amide bonds. The van der Waals surface area contributed by atoms with Crippen molar-refractivity contribution in [3.63, 3.8) is 0 Å². The molecule has 106 valence electrons. The lowest BCUT2D eigenvalue weighted by Crippen LogP contribution is -2.19. The second-order valence-corrected chi connectivity index (χ2v) is 5.41. The Morgan fingerprint density at radius 3 is 3.00 bits per heavy atom. The Bertz CT molecular complexity index is 624. The molecule has 0 radical (unpaired) electrons. The van der Waals surface area contributed by atoms with Gasteiger partial charge in [-0.15, -0.1) is 0 Å². The summed E-state index contributed by atoms with van der Waals surface area (Å²) in [4.78, 5) is 15.7. The summed E-state index contributed by atoms with van der Waals surface area (Å²) in [5, 5.41) is 0.863. The number of H-pyrrole nitrogens is 1. The molecule has 2 aromatic rings. The molecular weight excluding hydrogens is 254 g/mol. The number of carbonyl (C=O) groups is 1. The van der Waals surface area contributed by atoms with E-state index in [0.29, 0.717) is 12.2 Å². The van der Waals surface area contributed by atoms with Crippen LogP contribution in [-0.4, -0.2) is 29.6 Å². The molecular formula is C16H19NO3. The van der Waals surface area contributed by atoms with Gasteiger partial charge >= 0.3 is 0 Å². The van der Waals surface area contributed by atoms with Gasteiger partial charge in [-0.25, -0.2) is 0 Å². The van der Waals surface area contributed by atoms with Crippen LogP contribution in [-0.2, 0) is 4.74 Å². The Labute approximate surface area is 118 Å². The predicted molar refractivity (Wildman–Crippen MR) is 77.4 cm³/mol. The lowest BCUT2D eigenvalue weighted by molar-refractivity contribution is 0.0644. The zero-order valence-electron chi connectivity index (χ0n) is 11.8. The average Bonchev–Trinajstić information content (AvgIpc) is 3.07. The first-order valence-electron chi connectivity index (χ1n) is 7.09. The number of ketones is 1. The number of Topliss-reactive ketones (excluding diaryl/α,β-unsaturated/α-hetero) is 1. The molecule has 1 unspecified atom stereocenters. The number of nitrogens with one attached hydrogen (secondary N) is 1. The highest BCUT2D eigenvalue weighted by atomic mass is 16.5. The summed E-state index contributed by atoms with van der Waals surface area (Å²) in [6, 6.07) is 5.79. The fraction of sp³-hybridized carbons (Fsp3) is 0.438. The highest BCUT2D eigenvalue weighted by Crippen LogP contribution is 2.31. The topological polar surface area (TPSA) is 51.3 Å². The maximum atomic E-state index is 12.6. The molecule has 4 heteroatoms. The summed E-state index contributed by atoms with van der Waals surface area (Å²) in [6.45, 7) is 4.63. The molecule has 4 nitrogen and oxygen atoms in total. The number of fused-ring (bicyclic) bond motifs is 1. The van der Waals surface area contributed by atoms with Crippen LogP contribution in [0.3, 0.4) is 0 Å². The van der Waals surface area contributed by atoms with Crippen molar-refractivity contribution < 1.29 is 14.3 Å². The molecule has 1 atom stereocenters. The van der Waals surface area contributed by atoms with Gasteiger partial charge in [0, 0.05) is 23.9 Å². The quantitative estimate of drug-likeness (QED) is 0.869. The van der Waals surface area contributed by atoms with E-state index in [9.17, 15) is 4.79 Å². The van der Waals surface area contributed by atoms with Crippen molar-refractivity contribution in [2.75, 3.05) is 6.61 Å². The Kier molecular flexibility index (Phi) is 3.49. The summed E-state index contributed by atoms with van der Waals surface area (Å²) in [6.07, 6.45) is 3.29. The van der Waals surface area contributed by atoms with E-state index in [0.717, 1.165) is 29.5 Å². The molecule has 0 saturated carbocycles. The monoisotopic (exact) mass is 273 g/mol. The molecule has 0 bridgehead atoms. The van der Waals surface area contributed by atoms with Crippen LogP contribution in [0, 0.1) is 0 Å². The maximum absolute atomic E-state index is 12.6. The van der Waals surface area contributed by atoms with E-state index < -0.39 is 0 Å². The first-order chi connectivity index (χ1) is 9.66. The highest BCUT2D eigenvalue weighted by molar-refractivity contribution is 6.11. The third kappa shape index (κ3) is 2.31. The first-order valence-corrected chi connectivity index (χ1v) is 7.09. The van der Waals surface area contributed by atoms with E-state index >= 15 is 0 Å². The molecule has 1 saturated heterocycles. The molecule has 1 fully saturated rings. The van der Waals surface area contributed by atoms with E-state index in [4.69, 9.17) is 9.47 Å². The van der Waals surface area contributed by atoms with Crippen LogP contribution in [0.15, 0.2) is 24.4 Å². The van der Waals surface area contributed by atoms with Gasteiger partial charge in [0.25, 0.3) is 0 Å². The van der Waals surface area contributed by atoms with Crippen molar-refractivity contribution in [1.29, 1.82) is 0 Å². The summed E-state index contributed by atoms with van der Waals surface area (Å²) in [5.74, 6) is 0.800. The number of hydrogen-bond acceptors (Lipinski definition) is 3. The van der Waals surface area contributed by atoms with E-state index in [1.54, 1.807) is 6.20 Å². The van der Waals surface area contributed by atoms with Gasteiger partial charge in [0.05, 0.1) is 11.5 Å². The second kappa shape index (κ2) is 5.29. The normalized spacial score (nSPS) is 18.9. The average molecular weight is 273 g/mol. The Balaban J connectivity index is 2.04. The van der Waals surface area contributed by atoms with Crippen LogP contribution in [0.5, 0.6) is 5.75 Å².